The van der Waals surface area contributed by atoms with E-state index in [1.165, 1.54) is 12.0 Å². The van der Waals surface area contributed by atoms with Gasteiger partial charge in [0.2, 0.25) is 0 Å². The van der Waals surface area contributed by atoms with Gasteiger partial charge in [0.25, 0.3) is 0 Å². The summed E-state index contributed by atoms with van der Waals surface area (Å²) in [6.45, 7) is 0.771. The Hall–Kier alpha value is -0.0500. The molecule has 1 aromatic rings. The van der Waals surface area contributed by atoms with Gasteiger partial charge in [0.05, 0.1) is 0 Å². The first-order valence-electron chi connectivity index (χ1n) is 4.37. The summed E-state index contributed by atoms with van der Waals surface area (Å²) in [5.41, 5.74) is 6.84. The number of nitrogens with two attached hydrogens (primary N) is 1. The van der Waals surface area contributed by atoms with Gasteiger partial charge in [-0.1, -0.05) is 27.5 Å². The third-order valence-electron chi connectivity index (χ3n) is 2.58. The van der Waals surface area contributed by atoms with Gasteiger partial charge in [-0.25, -0.2) is 0 Å². The Labute approximate surface area is 91.4 Å². The molecular weight excluding hydrogens is 249 g/mol. The van der Waals surface area contributed by atoms with Crippen LogP contribution in [0.1, 0.15) is 17.9 Å². The van der Waals surface area contributed by atoms with E-state index in [9.17, 15) is 0 Å². The molecule has 70 valence electrons. The Morgan fingerprint density at radius 2 is 2.31 bits per heavy atom. The minimum absolute atomic E-state index is 0.593. The fraction of sp³-hybridized carbons (Fsp3) is 0.400. The van der Waals surface area contributed by atoms with E-state index in [4.69, 9.17) is 17.3 Å². The van der Waals surface area contributed by atoms with Gasteiger partial charge in [-0.3, -0.25) is 0 Å². The molecule has 2 atom stereocenters. The minimum atomic E-state index is 0.593. The van der Waals surface area contributed by atoms with Crippen LogP contribution in [0.4, 0.5) is 0 Å². The van der Waals surface area contributed by atoms with E-state index in [1.54, 1.807) is 0 Å². The molecule has 2 unspecified atom stereocenters. The fourth-order valence-electron chi connectivity index (χ4n) is 1.69. The predicted octanol–water partition coefficient (Wildman–Crippen LogP) is 3.16. The summed E-state index contributed by atoms with van der Waals surface area (Å²) in [5, 5.41) is 0.865. The third kappa shape index (κ3) is 1.90. The zero-order chi connectivity index (χ0) is 9.42. The van der Waals surface area contributed by atoms with Crippen LogP contribution in [0, 0.1) is 5.92 Å². The van der Waals surface area contributed by atoms with Crippen molar-refractivity contribution >= 4 is 27.5 Å². The van der Waals surface area contributed by atoms with Gasteiger partial charge in [-0.05, 0) is 48.6 Å². The lowest BCUT2D eigenvalue weighted by Crippen LogP contribution is -2.02. The summed E-state index contributed by atoms with van der Waals surface area (Å²) >= 11 is 9.54. The molecule has 3 heteroatoms. The molecule has 1 fully saturated rings. The minimum Gasteiger partial charge on any atom is -0.330 e. The molecule has 0 aliphatic heterocycles. The number of rotatable bonds is 2. The number of halogens is 2. The summed E-state index contributed by atoms with van der Waals surface area (Å²) in [6, 6.07) is 6.00. The molecule has 0 spiro atoms. The maximum absolute atomic E-state index is 6.09. The van der Waals surface area contributed by atoms with Crippen LogP contribution in [0.15, 0.2) is 22.7 Å². The van der Waals surface area contributed by atoms with Gasteiger partial charge in [-0.15, -0.1) is 0 Å². The van der Waals surface area contributed by atoms with Gasteiger partial charge in [-0.2, -0.15) is 0 Å². The summed E-state index contributed by atoms with van der Waals surface area (Å²) in [5.74, 6) is 1.24. The molecule has 1 aliphatic carbocycles. The first-order valence-corrected chi connectivity index (χ1v) is 5.54. The van der Waals surface area contributed by atoms with Crippen molar-refractivity contribution in [2.45, 2.75) is 12.3 Å². The van der Waals surface area contributed by atoms with Crippen molar-refractivity contribution in [3.63, 3.8) is 0 Å². The quantitative estimate of drug-likeness (QED) is 0.868. The van der Waals surface area contributed by atoms with Gasteiger partial charge in [0.15, 0.2) is 0 Å². The van der Waals surface area contributed by atoms with Crippen molar-refractivity contribution < 1.29 is 0 Å². The van der Waals surface area contributed by atoms with E-state index in [2.05, 4.69) is 22.0 Å². The Kier molecular flexibility index (Phi) is 2.63. The average molecular weight is 261 g/mol. The molecule has 2 N–H and O–H groups in total. The molecule has 0 amide bonds. The molecule has 1 saturated carbocycles. The van der Waals surface area contributed by atoms with Crippen molar-refractivity contribution in [3.05, 3.63) is 33.3 Å². The average Bonchev–Trinajstić information content (AvgIpc) is 2.88. The van der Waals surface area contributed by atoms with E-state index in [1.807, 2.05) is 12.1 Å². The number of benzene rings is 1. The topological polar surface area (TPSA) is 26.0 Å². The Balaban J connectivity index is 2.25. The van der Waals surface area contributed by atoms with Crippen LogP contribution < -0.4 is 5.73 Å². The third-order valence-corrected chi connectivity index (χ3v) is 3.42. The van der Waals surface area contributed by atoms with Crippen LogP contribution in [0.2, 0.25) is 5.02 Å². The molecule has 0 aromatic heterocycles. The SMILES string of the molecule is NCC1CC1c1cc(Br)ccc1Cl. The molecule has 0 bridgehead atoms. The summed E-state index contributed by atoms with van der Waals surface area (Å²) in [4.78, 5) is 0. The van der Waals surface area contributed by atoms with Crippen molar-refractivity contribution in [2.24, 2.45) is 11.7 Å². The maximum atomic E-state index is 6.09. The van der Waals surface area contributed by atoms with Crippen molar-refractivity contribution in [1.29, 1.82) is 0 Å². The summed E-state index contributed by atoms with van der Waals surface area (Å²) in [7, 11) is 0. The van der Waals surface area contributed by atoms with Crippen molar-refractivity contribution in [2.75, 3.05) is 6.54 Å². The Morgan fingerprint density at radius 1 is 1.54 bits per heavy atom. The summed E-state index contributed by atoms with van der Waals surface area (Å²) < 4.78 is 1.09. The zero-order valence-corrected chi connectivity index (χ0v) is 9.48. The lowest BCUT2D eigenvalue weighted by molar-refractivity contribution is 0.809. The molecule has 0 radical (unpaired) electrons. The van der Waals surface area contributed by atoms with Crippen LogP contribution >= 0.6 is 27.5 Å². The smallest absolute Gasteiger partial charge is 0.0441 e. The lowest BCUT2D eigenvalue weighted by atomic mass is 10.1. The van der Waals surface area contributed by atoms with Crippen LogP contribution in [0.3, 0.4) is 0 Å². The second kappa shape index (κ2) is 3.60. The van der Waals surface area contributed by atoms with Crippen LogP contribution in [-0.2, 0) is 0 Å². The van der Waals surface area contributed by atoms with Crippen molar-refractivity contribution in [3.8, 4) is 0 Å². The van der Waals surface area contributed by atoms with E-state index in [0.717, 1.165) is 16.0 Å². The normalized spacial score (nSPS) is 26.1. The first-order chi connectivity index (χ1) is 6.22. The molecule has 0 saturated heterocycles. The molecule has 13 heavy (non-hydrogen) atoms. The second-order valence-electron chi connectivity index (χ2n) is 3.50. The van der Waals surface area contributed by atoms with Crippen LogP contribution in [0.25, 0.3) is 0 Å². The van der Waals surface area contributed by atoms with Gasteiger partial charge >= 0.3 is 0 Å². The fourth-order valence-corrected chi connectivity index (χ4v) is 2.32. The van der Waals surface area contributed by atoms with E-state index >= 15 is 0 Å². The van der Waals surface area contributed by atoms with Crippen LogP contribution in [0.5, 0.6) is 0 Å². The second-order valence-corrected chi connectivity index (χ2v) is 4.83. The van der Waals surface area contributed by atoms with Gasteiger partial charge < -0.3 is 5.73 Å². The maximum Gasteiger partial charge on any atom is 0.0441 e. The number of hydrogen-bond acceptors (Lipinski definition) is 1. The molecule has 2 rings (SSSR count). The Bertz CT molecular complexity index is 327. The number of hydrogen-bond donors (Lipinski definition) is 1. The highest BCUT2D eigenvalue weighted by molar-refractivity contribution is 9.10. The first kappa shape index (κ1) is 9.50. The monoisotopic (exact) mass is 259 g/mol. The zero-order valence-electron chi connectivity index (χ0n) is 7.13. The molecule has 1 aliphatic rings. The van der Waals surface area contributed by atoms with Gasteiger partial charge in [0.1, 0.15) is 0 Å². The lowest BCUT2D eigenvalue weighted by Gasteiger charge is -2.03. The van der Waals surface area contributed by atoms with Crippen molar-refractivity contribution in [1.82, 2.24) is 0 Å². The largest absolute Gasteiger partial charge is 0.330 e. The standard InChI is InChI=1S/C10H11BrClN/c11-7-1-2-10(12)9(4-7)8-3-6(8)5-13/h1-2,4,6,8H,3,5,13H2. The highest BCUT2D eigenvalue weighted by Crippen LogP contribution is 2.49. The summed E-state index contributed by atoms with van der Waals surface area (Å²) in [6.07, 6.45) is 1.19. The Morgan fingerprint density at radius 3 is 2.92 bits per heavy atom. The molecule has 1 nitrogen and oxygen atoms in total. The molecular formula is C10H11BrClN. The molecule has 0 heterocycles. The predicted molar refractivity (Wildman–Crippen MR) is 59.1 cm³/mol. The van der Waals surface area contributed by atoms with Crippen LogP contribution in [-0.4, -0.2) is 6.54 Å². The van der Waals surface area contributed by atoms with E-state index in [0.29, 0.717) is 11.8 Å². The molecule has 1 aromatic carbocycles. The van der Waals surface area contributed by atoms with E-state index in [-0.39, 0.29) is 0 Å². The van der Waals surface area contributed by atoms with Gasteiger partial charge in [0, 0.05) is 9.50 Å². The highest BCUT2D eigenvalue weighted by atomic mass is 79.9. The highest BCUT2D eigenvalue weighted by Gasteiger charge is 2.38. The van der Waals surface area contributed by atoms with E-state index < -0.39 is 0 Å².